The van der Waals surface area contributed by atoms with Crippen molar-refractivity contribution in [1.82, 2.24) is 10.3 Å². The molecule has 4 nitrogen and oxygen atoms in total. The van der Waals surface area contributed by atoms with Gasteiger partial charge in [0.2, 0.25) is 5.91 Å². The first-order chi connectivity index (χ1) is 11.2. The Balaban J connectivity index is 1.39. The van der Waals surface area contributed by atoms with Gasteiger partial charge >= 0.3 is 0 Å². The molecular formula is C19H23N3O. The zero-order valence-corrected chi connectivity index (χ0v) is 13.2. The highest BCUT2D eigenvalue weighted by Crippen LogP contribution is 2.47. The average molecular weight is 309 g/mol. The Morgan fingerprint density at radius 1 is 1.22 bits per heavy atom. The summed E-state index contributed by atoms with van der Waals surface area (Å²) >= 11 is 0. The quantitative estimate of drug-likeness (QED) is 0.910. The van der Waals surface area contributed by atoms with Crippen LogP contribution in [-0.4, -0.2) is 23.5 Å². The normalized spacial score (nSPS) is 29.1. The summed E-state index contributed by atoms with van der Waals surface area (Å²) in [5, 5.41) is 4.25. The molecule has 2 saturated carbocycles. The van der Waals surface area contributed by atoms with E-state index in [1.165, 1.54) is 18.4 Å². The monoisotopic (exact) mass is 309 g/mol. The number of fused-ring (bicyclic) bond motifs is 3. The highest BCUT2D eigenvalue weighted by molar-refractivity contribution is 5.82. The van der Waals surface area contributed by atoms with Gasteiger partial charge in [0, 0.05) is 24.2 Å². The summed E-state index contributed by atoms with van der Waals surface area (Å²) < 4.78 is 0. The molecule has 1 heterocycles. The molecule has 0 radical (unpaired) electrons. The fourth-order valence-electron chi connectivity index (χ4n) is 4.53. The first-order valence-electron chi connectivity index (χ1n) is 8.60. The van der Waals surface area contributed by atoms with Crippen LogP contribution in [0.15, 0.2) is 36.5 Å². The number of hydrogen-bond acceptors (Lipinski definition) is 3. The van der Waals surface area contributed by atoms with Crippen LogP contribution in [0.25, 0.3) is 10.9 Å². The maximum absolute atomic E-state index is 12.5. The summed E-state index contributed by atoms with van der Waals surface area (Å²) in [6.45, 7) is 0.648. The highest BCUT2D eigenvalue weighted by Gasteiger charge is 2.48. The lowest BCUT2D eigenvalue weighted by atomic mass is 9.84. The summed E-state index contributed by atoms with van der Waals surface area (Å²) in [6.07, 6.45) is 6.14. The number of aromatic nitrogens is 1. The van der Waals surface area contributed by atoms with E-state index in [0.29, 0.717) is 18.4 Å². The molecule has 2 aromatic rings. The Labute approximate surface area is 136 Å². The van der Waals surface area contributed by atoms with Crippen LogP contribution in [0.2, 0.25) is 0 Å². The van der Waals surface area contributed by atoms with Crippen LogP contribution in [0.5, 0.6) is 0 Å². The molecule has 2 aliphatic rings. The number of nitrogens with zero attached hydrogens (tertiary/aromatic N) is 1. The third kappa shape index (κ3) is 2.61. The molecule has 0 aliphatic heterocycles. The predicted octanol–water partition coefficient (Wildman–Crippen LogP) is 2.27. The zero-order chi connectivity index (χ0) is 15.8. The van der Waals surface area contributed by atoms with Crippen molar-refractivity contribution in [2.45, 2.75) is 31.7 Å². The zero-order valence-electron chi connectivity index (χ0n) is 13.2. The van der Waals surface area contributed by atoms with Crippen molar-refractivity contribution in [3.05, 3.63) is 42.1 Å². The summed E-state index contributed by atoms with van der Waals surface area (Å²) in [6, 6.07) is 10.3. The molecule has 4 atom stereocenters. The van der Waals surface area contributed by atoms with Crippen LogP contribution in [-0.2, 0) is 11.2 Å². The number of benzene rings is 1. The van der Waals surface area contributed by atoms with Crippen LogP contribution in [0.4, 0.5) is 0 Å². The van der Waals surface area contributed by atoms with Crippen molar-refractivity contribution in [2.24, 2.45) is 23.5 Å². The Hall–Kier alpha value is -1.94. The van der Waals surface area contributed by atoms with Gasteiger partial charge in [0.15, 0.2) is 0 Å². The maximum Gasteiger partial charge on any atom is 0.224 e. The maximum atomic E-state index is 12.5. The molecule has 4 rings (SSSR count). The fourth-order valence-corrected chi connectivity index (χ4v) is 4.53. The summed E-state index contributed by atoms with van der Waals surface area (Å²) in [7, 11) is 0. The fraction of sp³-hybridized carbons (Fsp3) is 0.474. The van der Waals surface area contributed by atoms with Gasteiger partial charge in [0.05, 0.1) is 11.4 Å². The SMILES string of the molecule is NC1C2CCC(C2)C1C(=O)NCCc1cccc2cccnc12. The topological polar surface area (TPSA) is 68.0 Å². The van der Waals surface area contributed by atoms with E-state index in [1.807, 2.05) is 18.3 Å². The second-order valence-corrected chi connectivity index (χ2v) is 6.97. The lowest BCUT2D eigenvalue weighted by Crippen LogP contribution is -2.45. The molecule has 1 aromatic carbocycles. The van der Waals surface area contributed by atoms with Gasteiger partial charge in [-0.15, -0.1) is 0 Å². The van der Waals surface area contributed by atoms with E-state index in [4.69, 9.17) is 5.73 Å². The number of rotatable bonds is 4. The summed E-state index contributed by atoms with van der Waals surface area (Å²) in [4.78, 5) is 17.0. The molecule has 4 heteroatoms. The number of para-hydroxylation sites is 1. The van der Waals surface area contributed by atoms with Gasteiger partial charge in [-0.05, 0) is 49.1 Å². The van der Waals surface area contributed by atoms with Crippen LogP contribution in [0.3, 0.4) is 0 Å². The molecule has 2 bridgehead atoms. The molecular weight excluding hydrogens is 286 g/mol. The second kappa shape index (κ2) is 5.93. The molecule has 120 valence electrons. The molecule has 1 aromatic heterocycles. The third-order valence-corrected chi connectivity index (χ3v) is 5.69. The van der Waals surface area contributed by atoms with E-state index < -0.39 is 0 Å². The molecule has 1 amide bonds. The van der Waals surface area contributed by atoms with E-state index in [2.05, 4.69) is 28.5 Å². The Kier molecular flexibility index (Phi) is 3.77. The molecule has 2 aliphatic carbocycles. The highest BCUT2D eigenvalue weighted by atomic mass is 16.1. The Morgan fingerprint density at radius 3 is 2.87 bits per heavy atom. The number of nitrogens with two attached hydrogens (primary N) is 1. The summed E-state index contributed by atoms with van der Waals surface area (Å²) in [5.41, 5.74) is 8.46. The molecule has 4 unspecified atom stereocenters. The van der Waals surface area contributed by atoms with Crippen LogP contribution in [0.1, 0.15) is 24.8 Å². The smallest absolute Gasteiger partial charge is 0.224 e. The lowest BCUT2D eigenvalue weighted by molar-refractivity contribution is -0.127. The van der Waals surface area contributed by atoms with Crippen molar-refractivity contribution in [2.75, 3.05) is 6.54 Å². The van der Waals surface area contributed by atoms with E-state index in [9.17, 15) is 4.79 Å². The van der Waals surface area contributed by atoms with Gasteiger partial charge < -0.3 is 11.1 Å². The minimum absolute atomic E-state index is 0.0272. The van der Waals surface area contributed by atoms with E-state index in [-0.39, 0.29) is 17.9 Å². The van der Waals surface area contributed by atoms with Crippen molar-refractivity contribution >= 4 is 16.8 Å². The lowest BCUT2D eigenvalue weighted by Gasteiger charge is -2.27. The first kappa shape index (κ1) is 14.6. The number of carbonyl (C=O) groups excluding carboxylic acids is 1. The van der Waals surface area contributed by atoms with Gasteiger partial charge in [0.1, 0.15) is 0 Å². The van der Waals surface area contributed by atoms with Crippen LogP contribution in [0, 0.1) is 17.8 Å². The standard InChI is InChI=1S/C19H23N3O/c20-17-15-7-6-14(11-15)16(17)19(23)22-10-8-13-4-1-3-12-5-2-9-21-18(12)13/h1-5,9,14-17H,6-8,10-11,20H2,(H,22,23). The minimum Gasteiger partial charge on any atom is -0.355 e. The van der Waals surface area contributed by atoms with Crippen molar-refractivity contribution in [3.8, 4) is 0 Å². The van der Waals surface area contributed by atoms with Crippen molar-refractivity contribution in [3.63, 3.8) is 0 Å². The van der Waals surface area contributed by atoms with Crippen molar-refractivity contribution in [1.29, 1.82) is 0 Å². The molecule has 0 saturated heterocycles. The number of hydrogen-bond donors (Lipinski definition) is 2. The molecule has 0 spiro atoms. The first-order valence-corrected chi connectivity index (χ1v) is 8.60. The van der Waals surface area contributed by atoms with E-state index in [1.54, 1.807) is 0 Å². The van der Waals surface area contributed by atoms with E-state index in [0.717, 1.165) is 23.7 Å². The Morgan fingerprint density at radius 2 is 2.04 bits per heavy atom. The second-order valence-electron chi connectivity index (χ2n) is 6.97. The van der Waals surface area contributed by atoms with Crippen LogP contribution < -0.4 is 11.1 Å². The van der Waals surface area contributed by atoms with Gasteiger partial charge in [-0.3, -0.25) is 9.78 Å². The van der Waals surface area contributed by atoms with Gasteiger partial charge in [-0.1, -0.05) is 24.3 Å². The summed E-state index contributed by atoms with van der Waals surface area (Å²) in [5.74, 6) is 1.25. The predicted molar refractivity (Wildman–Crippen MR) is 90.8 cm³/mol. The van der Waals surface area contributed by atoms with Crippen molar-refractivity contribution < 1.29 is 4.79 Å². The minimum atomic E-state index is 0.0272. The third-order valence-electron chi connectivity index (χ3n) is 5.69. The molecule has 2 fully saturated rings. The average Bonchev–Trinajstić information content (AvgIpc) is 3.16. The van der Waals surface area contributed by atoms with E-state index >= 15 is 0 Å². The largest absolute Gasteiger partial charge is 0.355 e. The Bertz CT molecular complexity index is 722. The van der Waals surface area contributed by atoms with Gasteiger partial charge in [-0.25, -0.2) is 0 Å². The number of carbonyl (C=O) groups is 1. The van der Waals surface area contributed by atoms with Crippen LogP contribution >= 0.6 is 0 Å². The number of pyridine rings is 1. The molecule has 23 heavy (non-hydrogen) atoms. The van der Waals surface area contributed by atoms with Gasteiger partial charge in [0.25, 0.3) is 0 Å². The number of nitrogens with one attached hydrogen (secondary N) is 1. The molecule has 3 N–H and O–H groups in total. The van der Waals surface area contributed by atoms with Gasteiger partial charge in [-0.2, -0.15) is 0 Å². The number of amides is 1.